The second-order valence-corrected chi connectivity index (χ2v) is 8.49. The number of hydrogen-bond acceptors (Lipinski definition) is 5. The second kappa shape index (κ2) is 10.6. The molecule has 2 aliphatic rings. The number of rotatable bonds is 6. The smallest absolute Gasteiger partial charge is 0.311 e. The number of likely N-dealkylation sites (tertiary alicyclic amines) is 1. The van der Waals surface area contributed by atoms with Crippen LogP contribution in [0.5, 0.6) is 0 Å². The maximum absolute atomic E-state index is 12.6. The number of piperidine rings is 1. The Morgan fingerprint density at radius 3 is 2.32 bits per heavy atom. The van der Waals surface area contributed by atoms with Gasteiger partial charge in [0.25, 0.3) is 0 Å². The highest BCUT2D eigenvalue weighted by Crippen LogP contribution is 2.18. The van der Waals surface area contributed by atoms with Gasteiger partial charge in [-0.15, -0.1) is 0 Å². The van der Waals surface area contributed by atoms with Crippen LogP contribution in [0.3, 0.4) is 0 Å². The quantitative estimate of drug-likeness (QED) is 0.477. The molecule has 1 atom stereocenters. The lowest BCUT2D eigenvalue weighted by molar-refractivity contribution is -0.937. The van der Waals surface area contributed by atoms with Gasteiger partial charge in [-0.1, -0.05) is 12.1 Å². The molecule has 31 heavy (non-hydrogen) atoms. The third kappa shape index (κ3) is 5.95. The number of amides is 3. The number of benzene rings is 1. The summed E-state index contributed by atoms with van der Waals surface area (Å²) in [5.74, 6) is -1.69. The number of primary amides is 1. The van der Waals surface area contributed by atoms with Gasteiger partial charge in [-0.05, 0) is 25.0 Å². The first-order chi connectivity index (χ1) is 14.9. The summed E-state index contributed by atoms with van der Waals surface area (Å²) < 4.78 is 5.50. The van der Waals surface area contributed by atoms with Crippen molar-refractivity contribution in [3.63, 3.8) is 0 Å². The van der Waals surface area contributed by atoms with Gasteiger partial charge in [-0.3, -0.25) is 14.4 Å². The van der Waals surface area contributed by atoms with Crippen molar-refractivity contribution in [1.29, 1.82) is 0 Å². The molecular weight excluding hydrogens is 398 g/mol. The molecule has 0 unspecified atom stereocenters. The fraction of sp³-hybridized carbons (Fsp3) is 0.591. The summed E-state index contributed by atoms with van der Waals surface area (Å²) in [6.07, 6.45) is 1.01. The molecule has 2 aliphatic heterocycles. The van der Waals surface area contributed by atoms with Crippen molar-refractivity contribution in [1.82, 2.24) is 10.2 Å². The second-order valence-electron chi connectivity index (χ2n) is 8.49. The zero-order valence-corrected chi connectivity index (χ0v) is 18.4. The molecule has 0 radical (unpaired) electrons. The van der Waals surface area contributed by atoms with E-state index in [0.29, 0.717) is 45.7 Å². The normalized spacial score (nSPS) is 19.0. The minimum absolute atomic E-state index is 0.0393. The Morgan fingerprint density at radius 1 is 1.16 bits per heavy atom. The molecule has 170 valence electrons. The summed E-state index contributed by atoms with van der Waals surface area (Å²) in [5.41, 5.74) is 7.58. The van der Waals surface area contributed by atoms with Crippen LogP contribution in [0.25, 0.3) is 0 Å². The highest BCUT2D eigenvalue weighted by Gasteiger charge is 2.31. The van der Waals surface area contributed by atoms with Crippen LogP contribution in [0.4, 0.5) is 5.69 Å². The van der Waals surface area contributed by atoms with Crippen LogP contribution in [0, 0.1) is 5.92 Å². The van der Waals surface area contributed by atoms with Gasteiger partial charge in [0, 0.05) is 44.4 Å². The molecule has 0 saturated carbocycles. The number of anilines is 1. The Hall–Kier alpha value is -2.65. The predicted octanol–water partition coefficient (Wildman–Crippen LogP) is -1.45. The van der Waals surface area contributed by atoms with E-state index in [-0.39, 0.29) is 17.9 Å². The summed E-state index contributed by atoms with van der Waals surface area (Å²) in [4.78, 5) is 41.4. The largest absolute Gasteiger partial charge is 0.378 e. The van der Waals surface area contributed by atoms with Crippen LogP contribution in [-0.4, -0.2) is 82.7 Å². The molecule has 0 spiro atoms. The van der Waals surface area contributed by atoms with Gasteiger partial charge in [0.05, 0.1) is 19.8 Å². The monoisotopic (exact) mass is 432 g/mol. The number of morpholine rings is 1. The van der Waals surface area contributed by atoms with Crippen LogP contribution < -0.4 is 20.9 Å². The number of hydrogen-bond donors (Lipinski definition) is 3. The molecule has 3 rings (SSSR count). The fourth-order valence-corrected chi connectivity index (χ4v) is 4.27. The molecule has 1 aromatic carbocycles. The summed E-state index contributed by atoms with van der Waals surface area (Å²) in [6, 6.07) is 8.35. The molecule has 9 heteroatoms. The maximum Gasteiger partial charge on any atom is 0.311 e. The van der Waals surface area contributed by atoms with Crippen LogP contribution in [0.15, 0.2) is 24.3 Å². The first-order valence-electron chi connectivity index (χ1n) is 10.9. The first kappa shape index (κ1) is 23.0. The number of quaternary nitrogens is 1. The van der Waals surface area contributed by atoms with Crippen molar-refractivity contribution >= 4 is 23.4 Å². The molecule has 2 saturated heterocycles. The molecule has 4 N–H and O–H groups in total. The zero-order chi connectivity index (χ0) is 22.4. The van der Waals surface area contributed by atoms with E-state index in [0.717, 1.165) is 24.3 Å². The number of nitrogens with zero attached hydrogens (tertiary/aromatic N) is 2. The zero-order valence-electron chi connectivity index (χ0n) is 18.4. The molecular formula is C22H34N5O4+. The van der Waals surface area contributed by atoms with Gasteiger partial charge >= 0.3 is 11.8 Å². The van der Waals surface area contributed by atoms with E-state index < -0.39 is 11.8 Å². The Kier molecular flexibility index (Phi) is 7.86. The average molecular weight is 433 g/mol. The predicted molar refractivity (Wildman–Crippen MR) is 117 cm³/mol. The molecule has 0 bridgehead atoms. The molecule has 1 aromatic rings. The Labute approximate surface area is 183 Å². The number of nitrogens with one attached hydrogen (secondary N) is 2. The lowest BCUT2D eigenvalue weighted by Crippen LogP contribution is -3.15. The van der Waals surface area contributed by atoms with E-state index in [4.69, 9.17) is 10.5 Å². The van der Waals surface area contributed by atoms with E-state index >= 15 is 0 Å². The number of carbonyl (C=O) groups excluding carboxylic acids is 3. The van der Waals surface area contributed by atoms with Crippen LogP contribution in [-0.2, 0) is 19.1 Å². The molecule has 2 fully saturated rings. The first-order valence-corrected chi connectivity index (χ1v) is 10.9. The van der Waals surface area contributed by atoms with Gasteiger partial charge in [0.1, 0.15) is 19.1 Å². The Bertz CT molecular complexity index is 769. The number of carbonyl (C=O) groups is 3. The van der Waals surface area contributed by atoms with Gasteiger partial charge in [0.2, 0.25) is 5.91 Å². The van der Waals surface area contributed by atoms with E-state index in [9.17, 15) is 14.4 Å². The highest BCUT2D eigenvalue weighted by atomic mass is 16.5. The van der Waals surface area contributed by atoms with Crippen molar-refractivity contribution in [2.24, 2.45) is 11.7 Å². The molecule has 9 nitrogen and oxygen atoms in total. The fourth-order valence-electron chi connectivity index (χ4n) is 4.27. The topological polar surface area (TPSA) is 109 Å². The van der Waals surface area contributed by atoms with Gasteiger partial charge in [-0.25, -0.2) is 0 Å². The standard InChI is InChI=1S/C22H33N5O4/c1-25(2)18-5-3-16(4-6-18)19(26-11-13-31-14-12-26)15-24-21(29)22(30)27-9-7-17(8-10-27)20(23)28/h3-6,17,19H,7-15H2,1-2H3,(H2,23,28)(H,24,29)/p+1/t19-/m1/s1. The molecule has 2 heterocycles. The van der Waals surface area contributed by atoms with E-state index in [1.807, 2.05) is 19.0 Å². The average Bonchev–Trinajstić information content (AvgIpc) is 2.79. The SMILES string of the molecule is CN(C)c1ccc([C@@H](CNC(=O)C(=O)N2CCC(C(N)=O)CC2)[NH+]2CCOCC2)cc1. The number of ether oxygens (including phenoxy) is 1. The Balaban J connectivity index is 1.62. The van der Waals surface area contributed by atoms with Crippen molar-refractivity contribution in [3.8, 4) is 0 Å². The van der Waals surface area contributed by atoms with Crippen molar-refractivity contribution < 1.29 is 24.0 Å². The van der Waals surface area contributed by atoms with Gasteiger partial charge < -0.3 is 30.5 Å². The number of nitrogens with two attached hydrogens (primary N) is 1. The minimum atomic E-state index is -0.597. The van der Waals surface area contributed by atoms with Crippen molar-refractivity contribution in [2.75, 3.05) is 64.9 Å². The van der Waals surface area contributed by atoms with Crippen LogP contribution in [0.1, 0.15) is 24.4 Å². The third-order valence-corrected chi connectivity index (χ3v) is 6.29. The van der Waals surface area contributed by atoms with E-state index in [2.05, 4.69) is 29.6 Å². The van der Waals surface area contributed by atoms with Crippen molar-refractivity contribution in [3.05, 3.63) is 29.8 Å². The summed E-state index contributed by atoms with van der Waals surface area (Å²) in [5, 5.41) is 2.85. The minimum Gasteiger partial charge on any atom is -0.378 e. The molecule has 3 amide bonds. The summed E-state index contributed by atoms with van der Waals surface area (Å²) in [6.45, 7) is 4.20. The lowest BCUT2D eigenvalue weighted by atomic mass is 9.96. The maximum atomic E-state index is 12.6. The lowest BCUT2D eigenvalue weighted by Gasteiger charge is -2.33. The van der Waals surface area contributed by atoms with Crippen LogP contribution in [0.2, 0.25) is 0 Å². The molecule has 0 aliphatic carbocycles. The highest BCUT2D eigenvalue weighted by molar-refractivity contribution is 6.35. The van der Waals surface area contributed by atoms with Gasteiger partial charge in [0.15, 0.2) is 0 Å². The summed E-state index contributed by atoms with van der Waals surface area (Å²) >= 11 is 0. The molecule has 0 aromatic heterocycles. The van der Waals surface area contributed by atoms with Gasteiger partial charge in [-0.2, -0.15) is 0 Å². The van der Waals surface area contributed by atoms with E-state index in [1.54, 1.807) is 0 Å². The van der Waals surface area contributed by atoms with Crippen molar-refractivity contribution in [2.45, 2.75) is 18.9 Å². The summed E-state index contributed by atoms with van der Waals surface area (Å²) in [7, 11) is 4.00. The van der Waals surface area contributed by atoms with Crippen LogP contribution >= 0.6 is 0 Å². The third-order valence-electron chi connectivity index (χ3n) is 6.29. The Morgan fingerprint density at radius 2 is 1.77 bits per heavy atom. The van der Waals surface area contributed by atoms with E-state index in [1.165, 1.54) is 9.80 Å².